The van der Waals surface area contributed by atoms with E-state index in [9.17, 15) is 9.18 Å². The number of carbonyl (C=O) groups is 1. The number of amides is 2. The second-order valence-corrected chi connectivity index (χ2v) is 6.89. The van der Waals surface area contributed by atoms with Crippen molar-refractivity contribution in [3.8, 4) is 0 Å². The number of urea groups is 1. The monoisotopic (exact) mass is 371 g/mol. The number of halogens is 1. The zero-order valence-corrected chi connectivity index (χ0v) is 14.9. The number of anilines is 3. The Morgan fingerprint density at radius 1 is 1.15 bits per heavy atom. The van der Waals surface area contributed by atoms with E-state index in [4.69, 9.17) is 4.74 Å². The first-order valence-corrected chi connectivity index (χ1v) is 9.22. The molecule has 1 aromatic heterocycles. The molecule has 1 atom stereocenters. The fourth-order valence-electron chi connectivity index (χ4n) is 3.01. The molecule has 27 heavy (non-hydrogen) atoms. The number of carbonyl (C=O) groups excluding carboxylic acids is 1. The molecule has 1 saturated carbocycles. The molecular formula is C19H22FN5O2. The summed E-state index contributed by atoms with van der Waals surface area (Å²) in [5, 5.41) is 8.30. The van der Waals surface area contributed by atoms with Crippen molar-refractivity contribution >= 4 is 23.1 Å². The Morgan fingerprint density at radius 3 is 2.59 bits per heavy atom. The molecule has 1 aliphatic heterocycles. The molecule has 2 fully saturated rings. The minimum absolute atomic E-state index is 0.126. The predicted octanol–water partition coefficient (Wildman–Crippen LogP) is 3.73. The molecule has 1 aliphatic carbocycles. The van der Waals surface area contributed by atoms with Crippen molar-refractivity contribution in [1.82, 2.24) is 9.97 Å². The van der Waals surface area contributed by atoms with E-state index < -0.39 is 11.8 Å². The molecular weight excluding hydrogens is 349 g/mol. The summed E-state index contributed by atoms with van der Waals surface area (Å²) in [4.78, 5) is 20.6. The normalized spacial score (nSPS) is 18.9. The van der Waals surface area contributed by atoms with Crippen LogP contribution in [0.2, 0.25) is 0 Å². The van der Waals surface area contributed by atoms with Crippen LogP contribution in [0.25, 0.3) is 0 Å². The van der Waals surface area contributed by atoms with Gasteiger partial charge in [0, 0.05) is 24.8 Å². The molecule has 2 aliphatic rings. The van der Waals surface area contributed by atoms with Crippen LogP contribution < -0.4 is 16.0 Å². The van der Waals surface area contributed by atoms with Crippen LogP contribution in [0, 0.1) is 5.82 Å². The zero-order chi connectivity index (χ0) is 18.6. The summed E-state index contributed by atoms with van der Waals surface area (Å²) < 4.78 is 19.7. The summed E-state index contributed by atoms with van der Waals surface area (Å²) in [5.41, 5.74) is 1.25. The van der Waals surface area contributed by atoms with Crippen LogP contribution in [-0.2, 0) is 4.74 Å². The summed E-state index contributed by atoms with van der Waals surface area (Å²) in [7, 11) is 0. The van der Waals surface area contributed by atoms with E-state index in [2.05, 4.69) is 25.9 Å². The highest BCUT2D eigenvalue weighted by Crippen LogP contribution is 2.37. The van der Waals surface area contributed by atoms with Gasteiger partial charge in [0.15, 0.2) is 0 Å². The molecule has 0 bridgehead atoms. The second kappa shape index (κ2) is 7.87. The van der Waals surface area contributed by atoms with Gasteiger partial charge in [-0.2, -0.15) is 0 Å². The van der Waals surface area contributed by atoms with Gasteiger partial charge in [-0.3, -0.25) is 0 Å². The fraction of sp³-hybridized carbons (Fsp3) is 0.421. The molecule has 8 heteroatoms. The molecule has 1 saturated heterocycles. The number of nitrogens with one attached hydrogen (secondary N) is 3. The number of rotatable bonds is 6. The molecule has 2 aromatic rings. The van der Waals surface area contributed by atoms with Crippen molar-refractivity contribution in [2.24, 2.45) is 0 Å². The van der Waals surface area contributed by atoms with E-state index in [1.54, 1.807) is 24.5 Å². The highest BCUT2D eigenvalue weighted by molar-refractivity contribution is 5.99. The average Bonchev–Trinajstić information content (AvgIpc) is 3.37. The molecule has 1 unspecified atom stereocenters. The molecule has 4 rings (SSSR count). The highest BCUT2D eigenvalue weighted by Gasteiger charge is 2.26. The van der Waals surface area contributed by atoms with E-state index in [1.807, 2.05) is 0 Å². The van der Waals surface area contributed by atoms with E-state index >= 15 is 0 Å². The van der Waals surface area contributed by atoms with E-state index in [0.29, 0.717) is 29.5 Å². The SMILES string of the molecule is O=C(Nc1cnc(C2CC2)nc1)Nc1ccc(NCC2CCCO2)c(F)c1. The van der Waals surface area contributed by atoms with Crippen LogP contribution in [0.3, 0.4) is 0 Å². The molecule has 2 amide bonds. The van der Waals surface area contributed by atoms with Gasteiger partial charge in [0.2, 0.25) is 0 Å². The van der Waals surface area contributed by atoms with Gasteiger partial charge >= 0.3 is 6.03 Å². The van der Waals surface area contributed by atoms with Crippen LogP contribution in [0.15, 0.2) is 30.6 Å². The number of hydrogen-bond donors (Lipinski definition) is 3. The van der Waals surface area contributed by atoms with Crippen molar-refractivity contribution in [3.05, 3.63) is 42.2 Å². The number of benzene rings is 1. The summed E-state index contributed by atoms with van der Waals surface area (Å²) in [6.45, 7) is 1.34. The second-order valence-electron chi connectivity index (χ2n) is 6.89. The van der Waals surface area contributed by atoms with Gasteiger partial charge < -0.3 is 20.7 Å². The van der Waals surface area contributed by atoms with Gasteiger partial charge in [-0.05, 0) is 43.9 Å². The minimum atomic E-state index is -0.475. The standard InChI is InChI=1S/C19H22FN5O2/c20-16-8-13(5-6-17(16)21-11-15-2-1-7-27-15)24-19(26)25-14-9-22-18(23-10-14)12-3-4-12/h5-6,8-10,12,15,21H,1-4,7,11H2,(H2,24,25,26). The lowest BCUT2D eigenvalue weighted by Crippen LogP contribution is -2.20. The first kappa shape index (κ1) is 17.7. The largest absolute Gasteiger partial charge is 0.380 e. The van der Waals surface area contributed by atoms with Crippen LogP contribution in [0.1, 0.15) is 37.4 Å². The molecule has 1 aromatic carbocycles. The number of ether oxygens (including phenoxy) is 1. The Balaban J connectivity index is 1.30. The Kier molecular flexibility index (Phi) is 5.15. The fourth-order valence-corrected chi connectivity index (χ4v) is 3.01. The van der Waals surface area contributed by atoms with Crippen molar-refractivity contribution in [2.75, 3.05) is 29.1 Å². The van der Waals surface area contributed by atoms with Crippen molar-refractivity contribution in [1.29, 1.82) is 0 Å². The van der Waals surface area contributed by atoms with E-state index in [1.165, 1.54) is 6.07 Å². The number of hydrogen-bond acceptors (Lipinski definition) is 5. The molecule has 7 nitrogen and oxygen atoms in total. The summed E-state index contributed by atoms with van der Waals surface area (Å²) >= 11 is 0. The van der Waals surface area contributed by atoms with Crippen LogP contribution in [0.4, 0.5) is 26.2 Å². The first-order chi connectivity index (χ1) is 13.2. The Bertz CT molecular complexity index is 804. The van der Waals surface area contributed by atoms with Gasteiger partial charge in [0.1, 0.15) is 11.6 Å². The van der Waals surface area contributed by atoms with Gasteiger partial charge in [0.25, 0.3) is 0 Å². The quantitative estimate of drug-likeness (QED) is 0.720. The Morgan fingerprint density at radius 2 is 1.93 bits per heavy atom. The number of nitrogens with zero attached hydrogens (tertiary/aromatic N) is 2. The zero-order valence-electron chi connectivity index (χ0n) is 14.9. The summed E-state index contributed by atoms with van der Waals surface area (Å²) in [5.74, 6) is 0.847. The van der Waals surface area contributed by atoms with Crippen LogP contribution in [-0.4, -0.2) is 35.3 Å². The average molecular weight is 371 g/mol. The topological polar surface area (TPSA) is 88.2 Å². The Hall–Kier alpha value is -2.74. The molecule has 0 radical (unpaired) electrons. The minimum Gasteiger partial charge on any atom is -0.380 e. The molecule has 2 heterocycles. The van der Waals surface area contributed by atoms with E-state index in [0.717, 1.165) is 38.1 Å². The maximum absolute atomic E-state index is 14.2. The first-order valence-electron chi connectivity index (χ1n) is 9.22. The smallest absolute Gasteiger partial charge is 0.323 e. The lowest BCUT2D eigenvalue weighted by Gasteiger charge is -2.13. The van der Waals surface area contributed by atoms with Gasteiger partial charge in [-0.25, -0.2) is 19.2 Å². The van der Waals surface area contributed by atoms with Crippen molar-refractivity contribution in [2.45, 2.75) is 37.7 Å². The van der Waals surface area contributed by atoms with Crippen LogP contribution in [0.5, 0.6) is 0 Å². The summed E-state index contributed by atoms with van der Waals surface area (Å²) in [6, 6.07) is 4.06. The van der Waals surface area contributed by atoms with Gasteiger partial charge in [-0.1, -0.05) is 0 Å². The van der Waals surface area contributed by atoms with E-state index in [-0.39, 0.29) is 6.10 Å². The predicted molar refractivity (Wildman–Crippen MR) is 101 cm³/mol. The van der Waals surface area contributed by atoms with Gasteiger partial charge in [-0.15, -0.1) is 0 Å². The third kappa shape index (κ3) is 4.71. The molecule has 3 N–H and O–H groups in total. The lowest BCUT2D eigenvalue weighted by atomic mass is 10.2. The third-order valence-electron chi connectivity index (χ3n) is 4.64. The Labute approximate surface area is 156 Å². The van der Waals surface area contributed by atoms with Crippen LogP contribution >= 0.6 is 0 Å². The highest BCUT2D eigenvalue weighted by atomic mass is 19.1. The number of aromatic nitrogens is 2. The summed E-state index contributed by atoms with van der Waals surface area (Å²) in [6.07, 6.45) is 7.56. The lowest BCUT2D eigenvalue weighted by molar-refractivity contribution is 0.120. The third-order valence-corrected chi connectivity index (χ3v) is 4.64. The molecule has 0 spiro atoms. The molecule has 142 valence electrons. The maximum atomic E-state index is 14.2. The van der Waals surface area contributed by atoms with Crippen molar-refractivity contribution in [3.63, 3.8) is 0 Å². The van der Waals surface area contributed by atoms with Gasteiger partial charge in [0.05, 0.1) is 29.9 Å². The van der Waals surface area contributed by atoms with Crippen molar-refractivity contribution < 1.29 is 13.9 Å². The maximum Gasteiger partial charge on any atom is 0.323 e.